The number of aryl methyl sites for hydroxylation is 3. The molecule has 4 aromatic rings. The van der Waals surface area contributed by atoms with E-state index in [2.05, 4.69) is 36.4 Å². The van der Waals surface area contributed by atoms with E-state index in [-0.39, 0.29) is 0 Å². The third-order valence-corrected chi connectivity index (χ3v) is 6.48. The van der Waals surface area contributed by atoms with E-state index in [4.69, 9.17) is 23.7 Å². The van der Waals surface area contributed by atoms with Gasteiger partial charge in [0.25, 0.3) is 0 Å². The quantitative estimate of drug-likeness (QED) is 0.309. The van der Waals surface area contributed by atoms with E-state index in [1.165, 1.54) is 16.7 Å². The summed E-state index contributed by atoms with van der Waals surface area (Å²) in [5.41, 5.74) is 4.52. The Balaban J connectivity index is 1.58. The van der Waals surface area contributed by atoms with Crippen molar-refractivity contribution in [1.82, 2.24) is 0 Å². The highest BCUT2D eigenvalue weighted by Gasteiger charge is 2.18. The summed E-state index contributed by atoms with van der Waals surface area (Å²) in [6.45, 7) is 0. The topological polar surface area (TPSA) is 46.2 Å². The zero-order chi connectivity index (χ0) is 24.9. The van der Waals surface area contributed by atoms with Gasteiger partial charge in [-0.05, 0) is 90.9 Å². The number of ether oxygens (including phenoxy) is 5. The van der Waals surface area contributed by atoms with Crippen LogP contribution in [0.5, 0.6) is 40.2 Å². The molecule has 4 aromatic carbocycles. The number of methoxy groups -OCH3 is 3. The maximum absolute atomic E-state index is 6.47. The number of hydrogen-bond donors (Lipinski definition) is 0. The van der Waals surface area contributed by atoms with E-state index in [1.54, 1.807) is 21.3 Å². The molecule has 0 fully saturated rings. The van der Waals surface area contributed by atoms with Gasteiger partial charge >= 0.3 is 0 Å². The smallest absolute Gasteiger partial charge is 0.176 e. The van der Waals surface area contributed by atoms with Gasteiger partial charge in [0.2, 0.25) is 0 Å². The minimum absolute atomic E-state index is 0.681. The summed E-state index contributed by atoms with van der Waals surface area (Å²) in [6.07, 6.45) is 3.25. The van der Waals surface area contributed by atoms with E-state index in [1.807, 2.05) is 42.5 Å². The highest BCUT2D eigenvalue weighted by atomic mass is 16.5. The minimum Gasteiger partial charge on any atom is -0.496 e. The SMILES string of the molecule is COc1ccc2cc1Oc1ccc(cc1)CCc1c(OC)ccc(OC)c1Oc1cccc(c1)CC2. The van der Waals surface area contributed by atoms with E-state index >= 15 is 0 Å². The second-order valence-electron chi connectivity index (χ2n) is 8.76. The molecule has 2 heterocycles. The van der Waals surface area contributed by atoms with E-state index in [9.17, 15) is 0 Å². The molecule has 2 aliphatic heterocycles. The van der Waals surface area contributed by atoms with Gasteiger partial charge in [-0.1, -0.05) is 30.3 Å². The summed E-state index contributed by atoms with van der Waals surface area (Å²) in [6, 6.07) is 26.3. The van der Waals surface area contributed by atoms with Crippen LogP contribution in [0.4, 0.5) is 0 Å². The summed E-state index contributed by atoms with van der Waals surface area (Å²) < 4.78 is 29.6. The zero-order valence-electron chi connectivity index (χ0n) is 20.9. The Morgan fingerprint density at radius 2 is 1.17 bits per heavy atom. The van der Waals surface area contributed by atoms with Crippen LogP contribution >= 0.6 is 0 Å². The van der Waals surface area contributed by atoms with Crippen molar-refractivity contribution in [2.45, 2.75) is 25.7 Å². The van der Waals surface area contributed by atoms with Gasteiger partial charge in [-0.3, -0.25) is 0 Å². The minimum atomic E-state index is 0.681. The average Bonchev–Trinajstić information content (AvgIpc) is 2.91. The molecule has 0 N–H and O–H groups in total. The Morgan fingerprint density at radius 3 is 1.92 bits per heavy atom. The van der Waals surface area contributed by atoms with Crippen LogP contribution < -0.4 is 23.7 Å². The molecule has 0 aromatic heterocycles. The summed E-state index contributed by atoms with van der Waals surface area (Å²) >= 11 is 0. The van der Waals surface area contributed by atoms with Crippen molar-refractivity contribution in [2.75, 3.05) is 21.3 Å². The predicted octanol–water partition coefficient (Wildman–Crippen LogP) is 7.18. The van der Waals surface area contributed by atoms with Crippen LogP contribution in [-0.4, -0.2) is 21.3 Å². The molecule has 0 saturated carbocycles. The van der Waals surface area contributed by atoms with Gasteiger partial charge in [0.05, 0.1) is 21.3 Å². The van der Waals surface area contributed by atoms with Gasteiger partial charge in [0, 0.05) is 5.56 Å². The van der Waals surface area contributed by atoms with Crippen molar-refractivity contribution in [3.63, 3.8) is 0 Å². The van der Waals surface area contributed by atoms with Crippen LogP contribution in [0.2, 0.25) is 0 Å². The number of hydrogen-bond acceptors (Lipinski definition) is 5. The molecule has 0 saturated heterocycles. The Labute approximate surface area is 212 Å². The van der Waals surface area contributed by atoms with E-state index in [0.29, 0.717) is 23.0 Å². The zero-order valence-corrected chi connectivity index (χ0v) is 20.9. The van der Waals surface area contributed by atoms with Gasteiger partial charge in [0.15, 0.2) is 23.0 Å². The first kappa shape index (κ1) is 23.6. The molecular formula is C31H30O5. The largest absolute Gasteiger partial charge is 0.496 e. The fourth-order valence-electron chi connectivity index (χ4n) is 4.54. The normalized spacial score (nSPS) is 12.9. The molecular weight excluding hydrogens is 452 g/mol. The second-order valence-corrected chi connectivity index (χ2v) is 8.76. The third-order valence-electron chi connectivity index (χ3n) is 6.48. The lowest BCUT2D eigenvalue weighted by Gasteiger charge is -2.18. The Kier molecular flexibility index (Phi) is 6.99. The van der Waals surface area contributed by atoms with Crippen LogP contribution in [0, 0.1) is 0 Å². The third kappa shape index (κ3) is 5.10. The van der Waals surface area contributed by atoms with Gasteiger partial charge in [-0.2, -0.15) is 0 Å². The molecule has 184 valence electrons. The number of fused-ring (bicyclic) bond motifs is 4. The molecule has 2 aliphatic rings. The number of benzene rings is 4. The van der Waals surface area contributed by atoms with Crippen molar-refractivity contribution < 1.29 is 23.7 Å². The van der Waals surface area contributed by atoms with Crippen LogP contribution in [0.25, 0.3) is 0 Å². The standard InChI is InChI=1S/C31H30O5/c1-32-27-17-18-29(34-3)31-26(27)15-11-21-9-13-24(14-10-21)35-30-20-23(12-16-28(30)33-2)8-7-22-5-4-6-25(19-22)36-31/h4-6,9-10,12-14,16-20H,7-8,11,15H2,1-3H3. The second kappa shape index (κ2) is 10.6. The lowest BCUT2D eigenvalue weighted by molar-refractivity contribution is 0.365. The van der Waals surface area contributed by atoms with Crippen molar-refractivity contribution >= 4 is 0 Å². The van der Waals surface area contributed by atoms with Gasteiger partial charge in [-0.25, -0.2) is 0 Å². The van der Waals surface area contributed by atoms with Gasteiger partial charge in [0.1, 0.15) is 17.2 Å². The average molecular weight is 483 g/mol. The summed E-state index contributed by atoms with van der Waals surface area (Å²) in [7, 11) is 5.01. The van der Waals surface area contributed by atoms with Crippen LogP contribution in [0.1, 0.15) is 22.3 Å². The maximum atomic E-state index is 6.47. The summed E-state index contributed by atoms with van der Waals surface area (Å²) in [5.74, 6) is 5.12. The highest BCUT2D eigenvalue weighted by Crippen LogP contribution is 2.41. The molecule has 6 rings (SSSR count). The van der Waals surface area contributed by atoms with Crippen LogP contribution in [0.3, 0.4) is 0 Å². The Bertz CT molecular complexity index is 1340. The predicted molar refractivity (Wildman–Crippen MR) is 140 cm³/mol. The van der Waals surface area contributed by atoms with Crippen molar-refractivity contribution in [1.29, 1.82) is 0 Å². The molecule has 0 atom stereocenters. The Morgan fingerprint density at radius 1 is 0.528 bits per heavy atom. The first-order valence-corrected chi connectivity index (χ1v) is 12.1. The monoisotopic (exact) mass is 482 g/mol. The van der Waals surface area contributed by atoms with Crippen LogP contribution in [-0.2, 0) is 25.7 Å². The van der Waals surface area contributed by atoms with E-state index < -0.39 is 0 Å². The fraction of sp³-hybridized carbons (Fsp3) is 0.226. The van der Waals surface area contributed by atoms with Crippen LogP contribution in [0.15, 0.2) is 78.9 Å². The van der Waals surface area contributed by atoms with Crippen molar-refractivity contribution in [3.05, 3.63) is 101 Å². The highest BCUT2D eigenvalue weighted by molar-refractivity contribution is 5.56. The molecule has 5 nitrogen and oxygen atoms in total. The molecule has 0 aliphatic carbocycles. The molecule has 0 radical (unpaired) electrons. The number of rotatable bonds is 3. The molecule has 0 amide bonds. The summed E-state index contributed by atoms with van der Waals surface area (Å²) in [5, 5.41) is 0. The maximum Gasteiger partial charge on any atom is 0.176 e. The first-order chi connectivity index (χ1) is 17.7. The molecule has 0 unspecified atom stereocenters. The summed E-state index contributed by atoms with van der Waals surface area (Å²) in [4.78, 5) is 0. The molecule has 36 heavy (non-hydrogen) atoms. The molecule has 6 bridgehead atoms. The van der Waals surface area contributed by atoms with E-state index in [0.717, 1.165) is 48.5 Å². The van der Waals surface area contributed by atoms with Gasteiger partial charge < -0.3 is 23.7 Å². The van der Waals surface area contributed by atoms with Gasteiger partial charge in [-0.15, -0.1) is 0 Å². The molecule has 5 heteroatoms. The van der Waals surface area contributed by atoms with Crippen molar-refractivity contribution in [3.8, 4) is 40.2 Å². The first-order valence-electron chi connectivity index (χ1n) is 12.1. The Hall–Kier alpha value is -4.12. The molecule has 0 spiro atoms. The fourth-order valence-corrected chi connectivity index (χ4v) is 4.54. The lowest BCUT2D eigenvalue weighted by Crippen LogP contribution is -2.02. The lowest BCUT2D eigenvalue weighted by atomic mass is 10.0. The van der Waals surface area contributed by atoms with Crippen molar-refractivity contribution in [2.24, 2.45) is 0 Å².